The van der Waals surface area contributed by atoms with Crippen molar-refractivity contribution < 1.29 is 4.79 Å². The molecule has 0 aliphatic carbocycles. The van der Waals surface area contributed by atoms with Crippen molar-refractivity contribution in [3.63, 3.8) is 0 Å². The van der Waals surface area contributed by atoms with Crippen LogP contribution >= 0.6 is 0 Å². The standard InChI is InChI=1S/C21H18N4O3/c1-2-24-18-10-6-4-8-16(18)20(27)25(21(24)28)13-19(26)23-15-11-14-7-3-5-9-17(14)22-12-15/h3-12H,2,13H2,1H3,(H,23,26). The number of anilines is 1. The first kappa shape index (κ1) is 17.7. The van der Waals surface area contributed by atoms with Gasteiger partial charge in [0.05, 0.1) is 28.3 Å². The van der Waals surface area contributed by atoms with Crippen molar-refractivity contribution in [3.8, 4) is 0 Å². The van der Waals surface area contributed by atoms with E-state index < -0.39 is 17.2 Å². The maximum atomic E-state index is 12.7. The highest BCUT2D eigenvalue weighted by Crippen LogP contribution is 2.16. The van der Waals surface area contributed by atoms with E-state index in [1.165, 1.54) is 4.57 Å². The lowest BCUT2D eigenvalue weighted by Crippen LogP contribution is -2.42. The number of aromatic nitrogens is 3. The van der Waals surface area contributed by atoms with Gasteiger partial charge in [-0.1, -0.05) is 30.3 Å². The van der Waals surface area contributed by atoms with Crippen molar-refractivity contribution in [1.82, 2.24) is 14.1 Å². The van der Waals surface area contributed by atoms with Crippen molar-refractivity contribution in [3.05, 3.63) is 81.6 Å². The molecule has 0 spiro atoms. The minimum absolute atomic E-state index is 0.366. The second-order valence-electron chi connectivity index (χ2n) is 6.40. The molecule has 1 amide bonds. The van der Waals surface area contributed by atoms with Crippen molar-refractivity contribution in [1.29, 1.82) is 0 Å². The molecule has 0 saturated heterocycles. The maximum absolute atomic E-state index is 12.7. The molecule has 0 aliphatic rings. The third kappa shape index (κ3) is 3.07. The van der Waals surface area contributed by atoms with Crippen molar-refractivity contribution >= 4 is 33.4 Å². The number of hydrogen-bond acceptors (Lipinski definition) is 4. The molecule has 2 aromatic carbocycles. The van der Waals surface area contributed by atoms with Gasteiger partial charge < -0.3 is 5.32 Å². The van der Waals surface area contributed by atoms with Gasteiger partial charge in [0.1, 0.15) is 6.54 Å². The number of benzene rings is 2. The topological polar surface area (TPSA) is 86.0 Å². The van der Waals surface area contributed by atoms with E-state index in [2.05, 4.69) is 10.3 Å². The summed E-state index contributed by atoms with van der Waals surface area (Å²) in [5.41, 5.74) is 0.913. The van der Waals surface area contributed by atoms with Crippen LogP contribution in [0.3, 0.4) is 0 Å². The summed E-state index contributed by atoms with van der Waals surface area (Å²) in [5.74, 6) is -0.464. The summed E-state index contributed by atoms with van der Waals surface area (Å²) in [4.78, 5) is 42.3. The number of hydrogen-bond donors (Lipinski definition) is 1. The summed E-state index contributed by atoms with van der Waals surface area (Å²) >= 11 is 0. The van der Waals surface area contributed by atoms with Crippen LogP contribution in [0.4, 0.5) is 5.69 Å². The van der Waals surface area contributed by atoms with Gasteiger partial charge in [-0.3, -0.25) is 23.7 Å². The Hall–Kier alpha value is -3.74. The molecule has 4 rings (SSSR count). The summed E-state index contributed by atoms with van der Waals surface area (Å²) in [6, 6.07) is 16.2. The SMILES string of the molecule is CCn1c(=O)n(CC(=O)Nc2cnc3ccccc3c2)c(=O)c2ccccc21. The van der Waals surface area contributed by atoms with Gasteiger partial charge in [0.2, 0.25) is 5.91 Å². The van der Waals surface area contributed by atoms with Gasteiger partial charge in [0.15, 0.2) is 0 Å². The molecule has 0 atom stereocenters. The summed E-state index contributed by atoms with van der Waals surface area (Å²) in [5, 5.41) is 4.01. The molecule has 7 heteroatoms. The molecule has 0 unspecified atom stereocenters. The lowest BCUT2D eigenvalue weighted by atomic mass is 10.2. The average Bonchev–Trinajstić information content (AvgIpc) is 2.71. The first-order chi connectivity index (χ1) is 13.6. The molecule has 0 radical (unpaired) electrons. The van der Waals surface area contributed by atoms with E-state index in [4.69, 9.17) is 0 Å². The molecular formula is C21H18N4O3. The Bertz CT molecular complexity index is 1320. The zero-order valence-electron chi connectivity index (χ0n) is 15.3. The van der Waals surface area contributed by atoms with Gasteiger partial charge in [-0.05, 0) is 31.2 Å². The molecule has 2 heterocycles. The van der Waals surface area contributed by atoms with E-state index in [0.29, 0.717) is 23.1 Å². The molecule has 1 N–H and O–H groups in total. The van der Waals surface area contributed by atoms with Crippen LogP contribution in [0, 0.1) is 0 Å². The van der Waals surface area contributed by atoms with Crippen LogP contribution in [0.1, 0.15) is 6.92 Å². The quantitative estimate of drug-likeness (QED) is 0.594. The smallest absolute Gasteiger partial charge is 0.323 e. The average molecular weight is 374 g/mol. The summed E-state index contributed by atoms with van der Waals surface area (Å²) in [6.45, 7) is 1.86. The van der Waals surface area contributed by atoms with E-state index in [1.807, 2.05) is 31.2 Å². The summed E-state index contributed by atoms with van der Waals surface area (Å²) in [6.07, 6.45) is 1.55. The van der Waals surface area contributed by atoms with Crippen LogP contribution in [0.5, 0.6) is 0 Å². The van der Waals surface area contributed by atoms with Gasteiger partial charge in [0, 0.05) is 11.9 Å². The van der Waals surface area contributed by atoms with Crippen LogP contribution in [0.25, 0.3) is 21.8 Å². The van der Waals surface area contributed by atoms with E-state index in [0.717, 1.165) is 15.5 Å². The fraction of sp³-hybridized carbons (Fsp3) is 0.143. The number of carbonyl (C=O) groups excluding carboxylic acids is 1. The van der Waals surface area contributed by atoms with E-state index >= 15 is 0 Å². The van der Waals surface area contributed by atoms with E-state index in [9.17, 15) is 14.4 Å². The van der Waals surface area contributed by atoms with E-state index in [-0.39, 0.29) is 6.54 Å². The Balaban J connectivity index is 1.68. The lowest BCUT2D eigenvalue weighted by Gasteiger charge is -2.12. The zero-order chi connectivity index (χ0) is 19.7. The molecule has 28 heavy (non-hydrogen) atoms. The minimum Gasteiger partial charge on any atom is -0.323 e. The Morgan fingerprint density at radius 3 is 2.61 bits per heavy atom. The Labute approximate surface area is 159 Å². The van der Waals surface area contributed by atoms with Crippen molar-refractivity contribution in [2.45, 2.75) is 20.0 Å². The Morgan fingerprint density at radius 1 is 1.04 bits per heavy atom. The van der Waals surface area contributed by atoms with Crippen LogP contribution in [0.15, 0.2) is 70.4 Å². The van der Waals surface area contributed by atoms with Crippen LogP contribution in [0.2, 0.25) is 0 Å². The molecule has 2 aromatic heterocycles. The van der Waals surface area contributed by atoms with Gasteiger partial charge in [-0.2, -0.15) is 0 Å². The minimum atomic E-state index is -0.502. The third-order valence-electron chi connectivity index (χ3n) is 4.62. The van der Waals surface area contributed by atoms with Gasteiger partial charge in [-0.25, -0.2) is 4.79 Å². The number of para-hydroxylation sites is 2. The number of nitrogens with zero attached hydrogens (tertiary/aromatic N) is 3. The fourth-order valence-corrected chi connectivity index (χ4v) is 3.30. The highest BCUT2D eigenvalue weighted by molar-refractivity contribution is 5.93. The number of fused-ring (bicyclic) bond motifs is 2. The van der Waals surface area contributed by atoms with Gasteiger partial charge >= 0.3 is 5.69 Å². The molecule has 0 fully saturated rings. The third-order valence-corrected chi connectivity index (χ3v) is 4.62. The Morgan fingerprint density at radius 2 is 1.79 bits per heavy atom. The maximum Gasteiger partial charge on any atom is 0.331 e. The first-order valence-corrected chi connectivity index (χ1v) is 8.95. The second-order valence-corrected chi connectivity index (χ2v) is 6.40. The zero-order valence-corrected chi connectivity index (χ0v) is 15.3. The van der Waals surface area contributed by atoms with Gasteiger partial charge in [-0.15, -0.1) is 0 Å². The monoisotopic (exact) mass is 374 g/mol. The van der Waals surface area contributed by atoms with Gasteiger partial charge in [0.25, 0.3) is 5.56 Å². The molecule has 0 aliphatic heterocycles. The Kier molecular flexibility index (Phi) is 4.49. The molecule has 140 valence electrons. The first-order valence-electron chi connectivity index (χ1n) is 8.95. The number of nitrogens with one attached hydrogen (secondary N) is 1. The van der Waals surface area contributed by atoms with Crippen LogP contribution in [-0.2, 0) is 17.9 Å². The number of pyridine rings is 1. The van der Waals surface area contributed by atoms with Crippen LogP contribution < -0.4 is 16.6 Å². The summed E-state index contributed by atoms with van der Waals surface area (Å²) in [7, 11) is 0. The van der Waals surface area contributed by atoms with Crippen molar-refractivity contribution in [2.75, 3.05) is 5.32 Å². The lowest BCUT2D eigenvalue weighted by molar-refractivity contribution is -0.116. The number of aryl methyl sites for hydroxylation is 1. The number of amides is 1. The number of rotatable bonds is 4. The second kappa shape index (κ2) is 7.11. The molecule has 4 aromatic rings. The predicted molar refractivity (Wildman–Crippen MR) is 109 cm³/mol. The van der Waals surface area contributed by atoms with Crippen molar-refractivity contribution in [2.24, 2.45) is 0 Å². The largest absolute Gasteiger partial charge is 0.331 e. The molecule has 0 bridgehead atoms. The molecular weight excluding hydrogens is 356 g/mol. The normalized spacial score (nSPS) is 11.0. The predicted octanol–water partition coefficient (Wildman–Crippen LogP) is 2.37. The molecule has 0 saturated carbocycles. The van der Waals surface area contributed by atoms with E-state index in [1.54, 1.807) is 36.5 Å². The number of carbonyl (C=O) groups is 1. The summed E-state index contributed by atoms with van der Waals surface area (Å²) < 4.78 is 2.46. The highest BCUT2D eigenvalue weighted by Gasteiger charge is 2.14. The fourth-order valence-electron chi connectivity index (χ4n) is 3.30. The van der Waals surface area contributed by atoms with Crippen LogP contribution in [-0.4, -0.2) is 20.0 Å². The highest BCUT2D eigenvalue weighted by atomic mass is 16.2. The molecule has 7 nitrogen and oxygen atoms in total.